The second-order valence-electron chi connectivity index (χ2n) is 24.0. The minimum atomic E-state index is -4.94. The molecule has 0 aromatic heterocycles. The van der Waals surface area contributed by atoms with E-state index in [0.29, 0.717) is 19.3 Å². The van der Waals surface area contributed by atoms with Gasteiger partial charge in [0.15, 0.2) is 6.10 Å². The van der Waals surface area contributed by atoms with E-state index in [0.717, 1.165) is 154 Å². The van der Waals surface area contributed by atoms with Gasteiger partial charge in [-0.25, -0.2) is 9.13 Å². The van der Waals surface area contributed by atoms with Crippen LogP contribution in [0.1, 0.15) is 278 Å². The van der Waals surface area contributed by atoms with Gasteiger partial charge < -0.3 is 34.2 Å². The molecule has 0 aromatic carbocycles. The molecule has 0 rings (SSSR count). The predicted molar refractivity (Wildman–Crippen MR) is 390 cm³/mol. The highest BCUT2D eigenvalue weighted by Gasteiger charge is 2.29. The van der Waals surface area contributed by atoms with E-state index in [1.54, 1.807) is 0 Å². The molecule has 544 valence electrons. The highest BCUT2D eigenvalue weighted by Crippen LogP contribution is 2.45. The number of allylic oxidation sites excluding steroid dienone is 22. The number of ether oxygens (including phenoxy) is 3. The molecule has 5 unspecified atom stereocenters. The van der Waals surface area contributed by atoms with Crippen LogP contribution in [0.15, 0.2) is 134 Å². The normalized spacial score (nSPS) is 14.9. The summed E-state index contributed by atoms with van der Waals surface area (Å²) >= 11 is 0. The summed E-state index contributed by atoms with van der Waals surface area (Å²) in [7, 11) is -9.80. The van der Waals surface area contributed by atoms with Crippen molar-refractivity contribution in [1.29, 1.82) is 0 Å². The monoisotopic (exact) mass is 1370 g/mol. The Bertz CT molecular complexity index is 2260. The van der Waals surface area contributed by atoms with Crippen LogP contribution in [-0.4, -0.2) is 95.9 Å². The highest BCUT2D eigenvalue weighted by molar-refractivity contribution is 7.47. The predicted octanol–water partition coefficient (Wildman–Crippen LogP) is 20.8. The van der Waals surface area contributed by atoms with Crippen molar-refractivity contribution in [3.8, 4) is 0 Å². The molecule has 18 heteroatoms. The molecular formula is C77H130O16P2. The van der Waals surface area contributed by atoms with Gasteiger partial charge in [-0.1, -0.05) is 251 Å². The first-order valence-electron chi connectivity index (χ1n) is 36.5. The Labute approximate surface area is 575 Å². The summed E-state index contributed by atoms with van der Waals surface area (Å²) in [5.41, 5.74) is 0. The van der Waals surface area contributed by atoms with Gasteiger partial charge in [0, 0.05) is 19.3 Å². The topological polar surface area (TPSA) is 231 Å². The maximum absolute atomic E-state index is 12.9. The number of rotatable bonds is 68. The van der Waals surface area contributed by atoms with Crippen LogP contribution in [0.3, 0.4) is 0 Å². The standard InChI is InChI=1S/C77H130O16P2/c1-4-7-10-13-16-19-22-25-28-30-32-34-35-37-39-40-43-45-48-51-54-57-60-63-75(80)87-66-72(78)67-89-94(83,84)90-68-73(79)69-91-95(85,86)92-71-74(93-77(82)65-62-59-56-53-50-47-42-27-24-21-18-15-12-9-6-3)70-88-76(81)64-61-58-55-52-49-46-44-41-38-36-33-31-29-26-23-20-17-14-11-8-5-2/h7,10,16-17,19-20,25-29,32-34,36-37,39,41-45,72-74,78-79H,4-6,8-9,11-15,18,21-24,30-31,35,38,40,46-71H2,1-3H3,(H,83,84)(H,85,86)/b10-7-,19-16-,20-17-,28-25-,29-26-,34-32-,36-33-,39-37-,42-27-,44-41-,45-43-. The third-order valence-electron chi connectivity index (χ3n) is 14.8. The first-order chi connectivity index (χ1) is 46.2. The molecule has 0 aliphatic heterocycles. The summed E-state index contributed by atoms with van der Waals surface area (Å²) in [6.07, 6.45) is 82.0. The van der Waals surface area contributed by atoms with Crippen LogP contribution in [-0.2, 0) is 55.8 Å². The molecule has 0 saturated carbocycles. The van der Waals surface area contributed by atoms with E-state index in [1.807, 2.05) is 0 Å². The molecule has 16 nitrogen and oxygen atoms in total. The van der Waals surface area contributed by atoms with Crippen molar-refractivity contribution < 1.29 is 75.8 Å². The summed E-state index contributed by atoms with van der Waals surface area (Å²) in [6.45, 7) is 2.46. The zero-order chi connectivity index (χ0) is 69.5. The second kappa shape index (κ2) is 69.6. The number of esters is 3. The van der Waals surface area contributed by atoms with E-state index in [1.165, 1.54) is 64.2 Å². The number of unbranched alkanes of at least 4 members (excludes halogenated alkanes) is 23. The summed E-state index contributed by atoms with van der Waals surface area (Å²) < 4.78 is 61.0. The average molecular weight is 1370 g/mol. The molecule has 0 radical (unpaired) electrons. The Morgan fingerprint density at radius 1 is 0.305 bits per heavy atom. The first-order valence-corrected chi connectivity index (χ1v) is 39.5. The van der Waals surface area contributed by atoms with Crippen molar-refractivity contribution in [3.63, 3.8) is 0 Å². The van der Waals surface area contributed by atoms with Crippen LogP contribution in [0.4, 0.5) is 0 Å². The zero-order valence-corrected chi connectivity index (χ0v) is 60.8. The summed E-state index contributed by atoms with van der Waals surface area (Å²) in [5, 5.41) is 20.6. The molecule has 0 aliphatic rings. The Morgan fingerprint density at radius 3 is 0.916 bits per heavy atom. The van der Waals surface area contributed by atoms with Crippen LogP contribution < -0.4 is 0 Å². The third kappa shape index (κ3) is 70.8. The van der Waals surface area contributed by atoms with Crippen molar-refractivity contribution in [2.24, 2.45) is 0 Å². The largest absolute Gasteiger partial charge is 0.472 e. The third-order valence-corrected chi connectivity index (χ3v) is 16.7. The lowest BCUT2D eigenvalue weighted by Crippen LogP contribution is -2.30. The summed E-state index contributed by atoms with van der Waals surface area (Å²) in [6, 6.07) is 0. The molecule has 0 aliphatic carbocycles. The van der Waals surface area contributed by atoms with Gasteiger partial charge in [-0.15, -0.1) is 0 Å². The van der Waals surface area contributed by atoms with Crippen molar-refractivity contribution in [2.45, 2.75) is 296 Å². The Hall–Kier alpha value is -4.31. The van der Waals surface area contributed by atoms with E-state index >= 15 is 0 Å². The molecule has 0 heterocycles. The van der Waals surface area contributed by atoms with E-state index in [9.17, 15) is 43.5 Å². The van der Waals surface area contributed by atoms with Gasteiger partial charge in [0.05, 0.1) is 26.4 Å². The van der Waals surface area contributed by atoms with Gasteiger partial charge in [-0.05, 0) is 141 Å². The number of aliphatic hydroxyl groups excluding tert-OH is 2. The van der Waals surface area contributed by atoms with E-state index < -0.39 is 91.5 Å². The van der Waals surface area contributed by atoms with Gasteiger partial charge >= 0.3 is 33.6 Å². The molecule has 0 aromatic rings. The maximum Gasteiger partial charge on any atom is 0.472 e. The van der Waals surface area contributed by atoms with Gasteiger partial charge in [0.1, 0.15) is 25.4 Å². The van der Waals surface area contributed by atoms with Crippen LogP contribution in [0.25, 0.3) is 0 Å². The molecule has 0 fully saturated rings. The molecule has 95 heavy (non-hydrogen) atoms. The number of hydrogen-bond acceptors (Lipinski definition) is 14. The zero-order valence-electron chi connectivity index (χ0n) is 59.0. The number of phosphoric acid groups is 2. The smallest absolute Gasteiger partial charge is 0.463 e. The Balaban J connectivity index is 4.70. The van der Waals surface area contributed by atoms with Crippen LogP contribution in [0, 0.1) is 0 Å². The van der Waals surface area contributed by atoms with E-state index in [2.05, 4.69) is 154 Å². The number of carbonyl (C=O) groups is 3. The van der Waals surface area contributed by atoms with E-state index in [-0.39, 0.29) is 19.3 Å². The fourth-order valence-corrected chi connectivity index (χ4v) is 10.8. The number of phosphoric ester groups is 2. The number of carbonyl (C=O) groups excluding carboxylic acids is 3. The van der Waals surface area contributed by atoms with E-state index in [4.69, 9.17) is 32.3 Å². The fraction of sp³-hybridized carbons (Fsp3) is 0.675. The number of aliphatic hydroxyl groups is 2. The second-order valence-corrected chi connectivity index (χ2v) is 26.9. The first kappa shape index (κ1) is 90.7. The van der Waals surface area contributed by atoms with Crippen LogP contribution >= 0.6 is 15.6 Å². The SMILES string of the molecule is CC/C=C\C/C=C\C/C=C\C/C=C\C/C=C\C/C=C\CCCCCCC(=O)OCC(O)COP(=O)(O)OCC(O)COP(=O)(O)OCC(COC(=O)CCCCCCC/C=C\C/C=C\C/C=C\C/C=C\CCCCC)OC(=O)CCCCCCC/C=C\CCCCCCCC. The van der Waals surface area contributed by atoms with Gasteiger partial charge in [-0.3, -0.25) is 32.5 Å². The molecule has 5 atom stereocenters. The Morgan fingerprint density at radius 2 is 0.558 bits per heavy atom. The molecular weight excluding hydrogens is 1240 g/mol. The van der Waals surface area contributed by atoms with Crippen LogP contribution in [0.2, 0.25) is 0 Å². The van der Waals surface area contributed by atoms with Gasteiger partial charge in [0.25, 0.3) is 0 Å². The average Bonchev–Trinajstić information content (AvgIpc) is 1.93. The molecule has 0 saturated heterocycles. The molecule has 0 amide bonds. The van der Waals surface area contributed by atoms with Crippen molar-refractivity contribution in [1.82, 2.24) is 0 Å². The van der Waals surface area contributed by atoms with Crippen molar-refractivity contribution >= 4 is 33.6 Å². The molecule has 4 N–H and O–H groups in total. The highest BCUT2D eigenvalue weighted by atomic mass is 31.2. The van der Waals surface area contributed by atoms with Gasteiger partial charge in [0.2, 0.25) is 0 Å². The summed E-state index contributed by atoms with van der Waals surface area (Å²) in [5.74, 6) is -1.63. The fourth-order valence-electron chi connectivity index (χ4n) is 9.26. The molecule has 0 bridgehead atoms. The van der Waals surface area contributed by atoms with Gasteiger partial charge in [-0.2, -0.15) is 0 Å². The Kier molecular flexibility index (Phi) is 66.4. The minimum Gasteiger partial charge on any atom is -0.463 e. The van der Waals surface area contributed by atoms with Crippen molar-refractivity contribution in [2.75, 3.05) is 39.6 Å². The lowest BCUT2D eigenvalue weighted by Gasteiger charge is -2.21. The minimum absolute atomic E-state index is 0.0868. The summed E-state index contributed by atoms with van der Waals surface area (Å²) in [4.78, 5) is 58.5. The molecule has 0 spiro atoms. The number of hydrogen-bond donors (Lipinski definition) is 4. The maximum atomic E-state index is 12.9. The lowest BCUT2D eigenvalue weighted by molar-refractivity contribution is -0.161. The lowest BCUT2D eigenvalue weighted by atomic mass is 10.1. The van der Waals surface area contributed by atoms with Crippen molar-refractivity contribution in [3.05, 3.63) is 134 Å². The quantitative estimate of drug-likeness (QED) is 0.0146. The van der Waals surface area contributed by atoms with Crippen LogP contribution in [0.5, 0.6) is 0 Å².